The fraction of sp³-hybridized carbons (Fsp3) is 0. The summed E-state index contributed by atoms with van der Waals surface area (Å²) < 4.78 is 0. The van der Waals surface area contributed by atoms with Crippen LogP contribution in [0.25, 0.3) is 22.4 Å². The van der Waals surface area contributed by atoms with Crippen molar-refractivity contribution in [3.8, 4) is 22.4 Å². The molecule has 0 unspecified atom stereocenters. The van der Waals surface area contributed by atoms with Gasteiger partial charge in [-0.05, 0) is 23.3 Å². The topological polar surface area (TPSA) is 12.9 Å². The Kier molecular flexibility index (Phi) is 2.54. The highest BCUT2D eigenvalue weighted by Crippen LogP contribution is 2.27. The van der Waals surface area contributed by atoms with Crippen LogP contribution in [0.15, 0.2) is 60.7 Å². The van der Waals surface area contributed by atoms with Crippen molar-refractivity contribution in [1.82, 2.24) is 4.98 Å². The third kappa shape index (κ3) is 2.02. The molecule has 0 aromatic heterocycles. The Morgan fingerprint density at radius 1 is 0.706 bits per heavy atom. The van der Waals surface area contributed by atoms with Crippen LogP contribution in [-0.4, -0.2) is 4.98 Å². The Hall–Kier alpha value is -1.86. The predicted molar refractivity (Wildman–Crippen MR) is 71.3 cm³/mol. The van der Waals surface area contributed by atoms with E-state index in [2.05, 4.69) is 35.3 Å². The first-order chi connectivity index (χ1) is 8.33. The molecule has 0 saturated carbocycles. The zero-order valence-electron chi connectivity index (χ0n) is 9.10. The number of fused-ring (bicyclic) bond motifs is 1. The third-order valence-corrected chi connectivity index (χ3v) is 2.96. The van der Waals surface area contributed by atoms with Gasteiger partial charge in [0.1, 0.15) is 5.15 Å². The highest BCUT2D eigenvalue weighted by atomic mass is 35.5. The van der Waals surface area contributed by atoms with Gasteiger partial charge in [0.25, 0.3) is 0 Å². The molecule has 0 amide bonds. The van der Waals surface area contributed by atoms with Gasteiger partial charge in [-0.2, -0.15) is 0 Å². The fourth-order valence-electron chi connectivity index (χ4n) is 1.91. The first-order valence-corrected chi connectivity index (χ1v) is 5.82. The minimum absolute atomic E-state index is 0.549. The second-order valence-corrected chi connectivity index (χ2v) is 4.29. The normalized spacial score (nSPS) is 10.6. The molecule has 0 bridgehead atoms. The summed E-state index contributed by atoms with van der Waals surface area (Å²) in [7, 11) is 0. The second-order valence-electron chi connectivity index (χ2n) is 3.91. The van der Waals surface area contributed by atoms with Crippen molar-refractivity contribution in [2.75, 3.05) is 0 Å². The van der Waals surface area contributed by atoms with Gasteiger partial charge >= 0.3 is 0 Å². The highest BCUT2D eigenvalue weighted by Gasteiger charge is 2.05. The van der Waals surface area contributed by atoms with Crippen molar-refractivity contribution in [3.05, 3.63) is 65.8 Å². The fourth-order valence-corrected chi connectivity index (χ4v) is 2.12. The standard InChI is InChI=1S/C15H10ClN/c16-15-10-13-7-6-12(8-9-14(13)17-15)11-4-2-1-3-5-11/h1-10H. The van der Waals surface area contributed by atoms with E-state index in [0.29, 0.717) is 5.15 Å². The average Bonchev–Trinajstić information content (AvgIpc) is 2.60. The van der Waals surface area contributed by atoms with Crippen LogP contribution in [0.5, 0.6) is 0 Å². The van der Waals surface area contributed by atoms with E-state index in [1.54, 1.807) is 0 Å². The van der Waals surface area contributed by atoms with Gasteiger partial charge in [0.15, 0.2) is 0 Å². The Morgan fingerprint density at radius 2 is 1.35 bits per heavy atom. The van der Waals surface area contributed by atoms with Crippen molar-refractivity contribution >= 4 is 11.6 Å². The molecule has 1 aromatic rings. The zero-order chi connectivity index (χ0) is 11.7. The maximum absolute atomic E-state index is 5.87. The van der Waals surface area contributed by atoms with E-state index in [-0.39, 0.29) is 0 Å². The number of benzene rings is 1. The summed E-state index contributed by atoms with van der Waals surface area (Å²) in [5.41, 5.74) is 4.38. The lowest BCUT2D eigenvalue weighted by Crippen LogP contribution is -1.71. The van der Waals surface area contributed by atoms with Gasteiger partial charge in [0, 0.05) is 5.56 Å². The number of rotatable bonds is 1. The third-order valence-electron chi connectivity index (χ3n) is 2.77. The molecule has 1 aliphatic heterocycles. The Bertz CT molecular complexity index is 585. The molecule has 1 aromatic carbocycles. The van der Waals surface area contributed by atoms with Crippen LogP contribution in [0.2, 0.25) is 5.15 Å². The van der Waals surface area contributed by atoms with Gasteiger partial charge in [0.05, 0.1) is 5.69 Å². The molecule has 0 radical (unpaired) electrons. The van der Waals surface area contributed by atoms with E-state index in [0.717, 1.165) is 11.3 Å². The number of hydrogen-bond donors (Lipinski definition) is 0. The van der Waals surface area contributed by atoms with Gasteiger partial charge in [-0.1, -0.05) is 60.1 Å². The lowest BCUT2D eigenvalue weighted by atomic mass is 10.1. The van der Waals surface area contributed by atoms with E-state index < -0.39 is 0 Å². The molecule has 1 nitrogen and oxygen atoms in total. The zero-order valence-corrected chi connectivity index (χ0v) is 9.85. The van der Waals surface area contributed by atoms with Crippen LogP contribution < -0.4 is 0 Å². The number of halogens is 1. The Balaban J connectivity index is 2.14. The second kappa shape index (κ2) is 4.19. The molecule has 0 fully saturated rings. The highest BCUT2D eigenvalue weighted by molar-refractivity contribution is 6.30. The van der Waals surface area contributed by atoms with E-state index in [9.17, 15) is 0 Å². The van der Waals surface area contributed by atoms with Crippen LogP contribution in [0, 0.1) is 0 Å². The molecule has 1 heterocycles. The average molecular weight is 240 g/mol. The monoisotopic (exact) mass is 239 g/mol. The molecule has 1 aliphatic carbocycles. The summed E-state index contributed by atoms with van der Waals surface area (Å²) in [6.45, 7) is 0. The van der Waals surface area contributed by atoms with E-state index in [1.807, 2.05) is 30.3 Å². The number of hydrogen-bond acceptors (Lipinski definition) is 1. The quantitative estimate of drug-likeness (QED) is 0.609. The summed E-state index contributed by atoms with van der Waals surface area (Å²) >= 11 is 5.87. The van der Waals surface area contributed by atoms with Crippen molar-refractivity contribution in [1.29, 1.82) is 0 Å². The van der Waals surface area contributed by atoms with Crippen LogP contribution in [0.3, 0.4) is 0 Å². The van der Waals surface area contributed by atoms with Gasteiger partial charge in [-0.3, -0.25) is 0 Å². The summed E-state index contributed by atoms with van der Waals surface area (Å²) in [5.74, 6) is 0. The smallest absolute Gasteiger partial charge is 0.130 e. The lowest BCUT2D eigenvalue weighted by molar-refractivity contribution is 1.42. The summed E-state index contributed by atoms with van der Waals surface area (Å²) in [5, 5.41) is 0.549. The Morgan fingerprint density at radius 3 is 2.18 bits per heavy atom. The first kappa shape index (κ1) is 10.3. The maximum atomic E-state index is 5.87. The molecule has 82 valence electrons. The van der Waals surface area contributed by atoms with Crippen LogP contribution in [0.4, 0.5) is 0 Å². The molecule has 3 rings (SSSR count). The molecule has 2 heteroatoms. The molecular weight excluding hydrogens is 230 g/mol. The number of nitrogens with zero attached hydrogens (tertiary/aromatic N) is 1. The minimum atomic E-state index is 0.549. The van der Waals surface area contributed by atoms with Crippen molar-refractivity contribution in [3.63, 3.8) is 0 Å². The van der Waals surface area contributed by atoms with Gasteiger partial charge in [-0.15, -0.1) is 0 Å². The molecule has 17 heavy (non-hydrogen) atoms. The SMILES string of the molecule is Clc1cc2ccc(-c3ccccc3)ccc-2n1. The summed E-state index contributed by atoms with van der Waals surface area (Å²) in [4.78, 5) is 4.25. The van der Waals surface area contributed by atoms with Crippen LogP contribution in [0.1, 0.15) is 0 Å². The first-order valence-electron chi connectivity index (χ1n) is 5.45. The van der Waals surface area contributed by atoms with Gasteiger partial charge in [0.2, 0.25) is 0 Å². The van der Waals surface area contributed by atoms with Crippen molar-refractivity contribution < 1.29 is 0 Å². The molecule has 0 saturated heterocycles. The predicted octanol–water partition coefficient (Wildman–Crippen LogP) is 4.51. The van der Waals surface area contributed by atoms with E-state index >= 15 is 0 Å². The molecule has 2 aliphatic rings. The largest absolute Gasteiger partial charge is 0.236 e. The number of aromatic nitrogens is 1. The lowest BCUT2D eigenvalue weighted by Gasteiger charge is -1.96. The minimum Gasteiger partial charge on any atom is -0.236 e. The summed E-state index contributed by atoms with van der Waals surface area (Å²) in [6.07, 6.45) is 0. The maximum Gasteiger partial charge on any atom is 0.130 e. The van der Waals surface area contributed by atoms with Crippen LogP contribution in [-0.2, 0) is 0 Å². The van der Waals surface area contributed by atoms with Crippen molar-refractivity contribution in [2.45, 2.75) is 0 Å². The van der Waals surface area contributed by atoms with E-state index in [1.165, 1.54) is 11.1 Å². The Labute approximate surface area is 105 Å². The summed E-state index contributed by atoms with van der Waals surface area (Å²) in [6, 6.07) is 20.4. The van der Waals surface area contributed by atoms with Gasteiger partial charge < -0.3 is 0 Å². The molecule has 0 spiro atoms. The molecular formula is C15H10ClN. The van der Waals surface area contributed by atoms with E-state index in [4.69, 9.17) is 11.6 Å². The van der Waals surface area contributed by atoms with Crippen molar-refractivity contribution in [2.24, 2.45) is 0 Å². The van der Waals surface area contributed by atoms with Crippen LogP contribution >= 0.6 is 11.6 Å². The molecule has 0 N–H and O–H groups in total. The van der Waals surface area contributed by atoms with Gasteiger partial charge in [-0.25, -0.2) is 4.98 Å². The molecule has 0 atom stereocenters.